The standard InChI is InChI=1S/C12H8N2.CH4O.Pd/c1-3-9-5-6-10-4-2-8-14-12(10)11(9)13-7-1;1-2;/h1-8H;2H,1H3;. The van der Waals surface area contributed by atoms with Gasteiger partial charge in [0.15, 0.2) is 0 Å². The Morgan fingerprint density at radius 3 is 1.59 bits per heavy atom. The number of aromatic nitrogens is 2. The van der Waals surface area contributed by atoms with Crippen LogP contribution in [0.25, 0.3) is 21.8 Å². The smallest absolute Gasteiger partial charge is 0.0964 e. The Kier molecular flexibility index (Phi) is 5.18. The van der Waals surface area contributed by atoms with E-state index in [1.807, 2.05) is 12.1 Å². The summed E-state index contributed by atoms with van der Waals surface area (Å²) in [6, 6.07) is 12.1. The van der Waals surface area contributed by atoms with Gasteiger partial charge in [-0.25, -0.2) is 0 Å². The third-order valence-corrected chi connectivity index (χ3v) is 2.34. The van der Waals surface area contributed by atoms with Gasteiger partial charge >= 0.3 is 0 Å². The van der Waals surface area contributed by atoms with Crippen molar-refractivity contribution >= 4 is 21.8 Å². The zero-order valence-electron chi connectivity index (χ0n) is 9.28. The monoisotopic (exact) mass is 318 g/mol. The van der Waals surface area contributed by atoms with Crippen LogP contribution in [0.2, 0.25) is 0 Å². The van der Waals surface area contributed by atoms with Gasteiger partial charge in [0.2, 0.25) is 0 Å². The molecular weight excluding hydrogens is 307 g/mol. The van der Waals surface area contributed by atoms with E-state index in [0.717, 1.165) is 28.9 Å². The van der Waals surface area contributed by atoms with Crippen LogP contribution in [0, 0.1) is 0 Å². The first-order valence-corrected chi connectivity index (χ1v) is 4.98. The van der Waals surface area contributed by atoms with Crippen molar-refractivity contribution in [2.75, 3.05) is 7.11 Å². The van der Waals surface area contributed by atoms with Gasteiger partial charge in [-0.1, -0.05) is 24.3 Å². The van der Waals surface area contributed by atoms with E-state index in [1.165, 1.54) is 0 Å². The van der Waals surface area contributed by atoms with Crippen molar-refractivity contribution in [3.05, 3.63) is 48.8 Å². The topological polar surface area (TPSA) is 46.0 Å². The number of pyridine rings is 2. The van der Waals surface area contributed by atoms with Crippen LogP contribution < -0.4 is 0 Å². The molecule has 0 aliphatic heterocycles. The summed E-state index contributed by atoms with van der Waals surface area (Å²) < 4.78 is 0. The molecule has 0 radical (unpaired) electrons. The number of nitrogens with zero attached hydrogens (tertiary/aromatic N) is 2. The summed E-state index contributed by atoms with van der Waals surface area (Å²) in [4.78, 5) is 8.69. The van der Waals surface area contributed by atoms with Gasteiger partial charge in [-0.3, -0.25) is 9.97 Å². The summed E-state index contributed by atoms with van der Waals surface area (Å²) in [6.45, 7) is 0. The fourth-order valence-electron chi connectivity index (χ4n) is 1.68. The van der Waals surface area contributed by atoms with E-state index in [0.29, 0.717) is 0 Å². The van der Waals surface area contributed by atoms with Gasteiger partial charge in [0.25, 0.3) is 0 Å². The number of rotatable bonds is 0. The first-order chi connectivity index (χ1) is 7.95. The SMILES string of the molecule is CO.[Pd].c1cnc2c(c1)ccc1cccnc12. The van der Waals surface area contributed by atoms with Gasteiger partial charge in [-0.05, 0) is 12.1 Å². The van der Waals surface area contributed by atoms with Crippen LogP contribution in [0.5, 0.6) is 0 Å². The van der Waals surface area contributed by atoms with Crippen molar-refractivity contribution < 1.29 is 25.5 Å². The van der Waals surface area contributed by atoms with E-state index in [2.05, 4.69) is 34.2 Å². The van der Waals surface area contributed by atoms with Crippen molar-refractivity contribution in [3.8, 4) is 0 Å². The normalized spacial score (nSPS) is 9.29. The number of fused-ring (bicyclic) bond motifs is 3. The maximum atomic E-state index is 7.00. The van der Waals surface area contributed by atoms with Crippen LogP contribution in [-0.4, -0.2) is 22.2 Å². The van der Waals surface area contributed by atoms with Gasteiger partial charge in [0, 0.05) is 50.7 Å². The van der Waals surface area contributed by atoms with Gasteiger partial charge in [0.1, 0.15) is 0 Å². The van der Waals surface area contributed by atoms with E-state index in [1.54, 1.807) is 12.4 Å². The van der Waals surface area contributed by atoms with Crippen LogP contribution in [0.1, 0.15) is 0 Å². The Bertz CT molecular complexity index is 558. The number of aliphatic hydroxyl groups is 1. The largest absolute Gasteiger partial charge is 0.400 e. The van der Waals surface area contributed by atoms with E-state index in [4.69, 9.17) is 5.11 Å². The number of hydrogen-bond acceptors (Lipinski definition) is 3. The molecule has 3 rings (SSSR count). The van der Waals surface area contributed by atoms with Gasteiger partial charge in [-0.15, -0.1) is 0 Å². The van der Waals surface area contributed by atoms with Crippen molar-refractivity contribution in [1.82, 2.24) is 9.97 Å². The Balaban J connectivity index is 0.000000459. The molecule has 0 unspecified atom stereocenters. The van der Waals surface area contributed by atoms with Crippen molar-refractivity contribution in [2.45, 2.75) is 0 Å². The van der Waals surface area contributed by atoms with Crippen molar-refractivity contribution in [1.29, 1.82) is 0 Å². The van der Waals surface area contributed by atoms with Crippen LogP contribution in [-0.2, 0) is 20.4 Å². The second-order valence-corrected chi connectivity index (χ2v) is 3.22. The van der Waals surface area contributed by atoms with Crippen LogP contribution in [0.15, 0.2) is 48.8 Å². The van der Waals surface area contributed by atoms with E-state index in [9.17, 15) is 0 Å². The number of benzene rings is 1. The summed E-state index contributed by atoms with van der Waals surface area (Å²) in [7, 11) is 1.00. The third kappa shape index (κ3) is 2.67. The summed E-state index contributed by atoms with van der Waals surface area (Å²) in [5.41, 5.74) is 1.95. The molecule has 2 heterocycles. The molecule has 3 nitrogen and oxygen atoms in total. The molecule has 0 aliphatic carbocycles. The molecule has 0 saturated heterocycles. The Labute approximate surface area is 113 Å². The molecule has 0 amide bonds. The van der Waals surface area contributed by atoms with Crippen molar-refractivity contribution in [2.24, 2.45) is 0 Å². The molecule has 0 bridgehead atoms. The molecule has 4 heteroatoms. The Hall–Kier alpha value is -1.34. The molecule has 2 aromatic heterocycles. The molecule has 17 heavy (non-hydrogen) atoms. The molecular formula is C13H12N2OPd. The predicted octanol–water partition coefficient (Wildman–Crippen LogP) is 2.39. The van der Waals surface area contributed by atoms with Gasteiger partial charge in [0.05, 0.1) is 11.0 Å². The molecule has 90 valence electrons. The molecule has 0 atom stereocenters. The molecule has 0 fully saturated rings. The number of hydrogen-bond donors (Lipinski definition) is 1. The van der Waals surface area contributed by atoms with Crippen LogP contribution in [0.3, 0.4) is 0 Å². The van der Waals surface area contributed by atoms with Crippen LogP contribution >= 0.6 is 0 Å². The zero-order valence-corrected chi connectivity index (χ0v) is 10.8. The Morgan fingerprint density at radius 1 is 0.765 bits per heavy atom. The Morgan fingerprint density at radius 2 is 1.18 bits per heavy atom. The zero-order chi connectivity index (χ0) is 11.4. The second-order valence-electron chi connectivity index (χ2n) is 3.22. The van der Waals surface area contributed by atoms with E-state index < -0.39 is 0 Å². The van der Waals surface area contributed by atoms with E-state index >= 15 is 0 Å². The molecule has 1 aromatic carbocycles. The van der Waals surface area contributed by atoms with Crippen LogP contribution in [0.4, 0.5) is 0 Å². The average Bonchev–Trinajstić information content (AvgIpc) is 2.41. The molecule has 1 N–H and O–H groups in total. The summed E-state index contributed by atoms with van der Waals surface area (Å²) in [5, 5.41) is 9.28. The summed E-state index contributed by atoms with van der Waals surface area (Å²) in [6.07, 6.45) is 3.60. The predicted molar refractivity (Wildman–Crippen MR) is 65.2 cm³/mol. The first-order valence-electron chi connectivity index (χ1n) is 4.98. The fraction of sp³-hybridized carbons (Fsp3) is 0.0769. The molecule has 0 aliphatic rings. The third-order valence-electron chi connectivity index (χ3n) is 2.34. The fourth-order valence-corrected chi connectivity index (χ4v) is 1.68. The average molecular weight is 319 g/mol. The van der Waals surface area contributed by atoms with Gasteiger partial charge in [-0.2, -0.15) is 0 Å². The maximum Gasteiger partial charge on any atom is 0.0964 e. The summed E-state index contributed by atoms with van der Waals surface area (Å²) >= 11 is 0. The minimum Gasteiger partial charge on any atom is -0.400 e. The number of aliphatic hydroxyl groups excluding tert-OH is 1. The summed E-state index contributed by atoms with van der Waals surface area (Å²) in [5.74, 6) is 0. The quantitative estimate of drug-likeness (QED) is 0.511. The molecule has 0 spiro atoms. The van der Waals surface area contributed by atoms with Crippen molar-refractivity contribution in [3.63, 3.8) is 0 Å². The van der Waals surface area contributed by atoms with E-state index in [-0.39, 0.29) is 20.4 Å². The molecule has 3 aromatic rings. The minimum atomic E-state index is 0. The van der Waals surface area contributed by atoms with Gasteiger partial charge < -0.3 is 5.11 Å². The first kappa shape index (κ1) is 13.7. The maximum absolute atomic E-state index is 7.00. The second kappa shape index (κ2) is 6.41. The minimum absolute atomic E-state index is 0. The molecule has 0 saturated carbocycles.